The summed E-state index contributed by atoms with van der Waals surface area (Å²) in [7, 11) is 0. The van der Waals surface area contributed by atoms with E-state index in [0.29, 0.717) is 18.1 Å². The Bertz CT molecular complexity index is 1470. The Balaban J connectivity index is 2.57. The van der Waals surface area contributed by atoms with Crippen molar-refractivity contribution >= 4 is 29.4 Å². The average Bonchev–Trinajstić information content (AvgIpc) is 2.95. The zero-order chi connectivity index (χ0) is 36.6. The monoisotopic (exact) mass is 687 g/mol. The minimum atomic E-state index is -5.32. The highest BCUT2D eigenvalue weighted by molar-refractivity contribution is 6.02. The first kappa shape index (κ1) is 39.6. The largest absolute Gasteiger partial charge is 0.444 e. The van der Waals surface area contributed by atoms with Crippen LogP contribution in [0.5, 0.6) is 0 Å². The maximum Gasteiger partial charge on any atom is 0.427 e. The molecule has 0 radical (unpaired) electrons. The molecule has 0 saturated carbocycles. The summed E-state index contributed by atoms with van der Waals surface area (Å²) in [6, 6.07) is 8.07. The smallest absolute Gasteiger partial charge is 0.427 e. The second-order valence-corrected chi connectivity index (χ2v) is 12.2. The Morgan fingerprint density at radius 3 is 2.06 bits per heavy atom. The first-order valence-electron chi connectivity index (χ1n) is 14.5. The van der Waals surface area contributed by atoms with Crippen LogP contribution in [0.15, 0.2) is 61.7 Å². The van der Waals surface area contributed by atoms with Gasteiger partial charge in [0.05, 0.1) is 17.9 Å². The molecule has 2 aromatic rings. The number of ether oxygens (including phenoxy) is 2. The lowest BCUT2D eigenvalue weighted by Gasteiger charge is -2.33. The van der Waals surface area contributed by atoms with Gasteiger partial charge in [-0.1, -0.05) is 42.5 Å². The number of carbonyl (C=O) groups is 3. The minimum Gasteiger partial charge on any atom is -0.444 e. The molecule has 0 fully saturated rings. The van der Waals surface area contributed by atoms with E-state index in [1.807, 2.05) is 5.32 Å². The van der Waals surface area contributed by atoms with E-state index < -0.39 is 82.8 Å². The summed E-state index contributed by atoms with van der Waals surface area (Å²) in [6.07, 6.45) is -9.67. The number of hydrogen-bond donors (Lipinski definition) is 4. The third-order valence-corrected chi connectivity index (χ3v) is 6.48. The van der Waals surface area contributed by atoms with Crippen LogP contribution in [0, 0.1) is 0 Å². The molecule has 264 valence electrons. The standard InChI is InChI=1S/C32H39F6N5O5/c1-8-10-17-29(6,7)41-24-21(31(33,34)35)18-22(39-27(46)48-28(3,4)5)23(40-24)25(44)42-43-26(45)30(16-9-2,32(36,37)38)47-19-20-14-12-11-13-15-20/h8-9,11-15,18H,1-2,10,16-17,19H2,3-7H3,(H,39,46)(H,40,41)(H,42,44)(H,43,45)/t30-/m0/s1. The van der Waals surface area contributed by atoms with Gasteiger partial charge in [-0.15, -0.1) is 13.2 Å². The maximum absolute atomic E-state index is 14.4. The van der Waals surface area contributed by atoms with Crippen molar-refractivity contribution in [3.05, 3.63) is 78.5 Å². The van der Waals surface area contributed by atoms with Crippen LogP contribution < -0.4 is 21.5 Å². The second-order valence-electron chi connectivity index (χ2n) is 12.2. The molecule has 1 aromatic carbocycles. The van der Waals surface area contributed by atoms with Crippen LogP contribution in [0.4, 0.5) is 42.6 Å². The molecule has 3 amide bonds. The first-order valence-corrected chi connectivity index (χ1v) is 14.5. The van der Waals surface area contributed by atoms with Crippen LogP contribution >= 0.6 is 0 Å². The number of hydrazine groups is 1. The van der Waals surface area contributed by atoms with Crippen molar-refractivity contribution in [2.75, 3.05) is 10.6 Å². The van der Waals surface area contributed by atoms with E-state index >= 15 is 0 Å². The van der Waals surface area contributed by atoms with Crippen LogP contribution in [0.25, 0.3) is 0 Å². The number of carbonyl (C=O) groups excluding carboxylic acids is 3. The van der Waals surface area contributed by atoms with Crippen molar-refractivity contribution in [3.63, 3.8) is 0 Å². The molecule has 0 unspecified atom stereocenters. The Labute approximate surface area is 274 Å². The van der Waals surface area contributed by atoms with E-state index in [4.69, 9.17) is 9.47 Å². The van der Waals surface area contributed by atoms with E-state index in [1.165, 1.54) is 32.9 Å². The third-order valence-electron chi connectivity index (χ3n) is 6.48. The molecule has 0 aliphatic carbocycles. The van der Waals surface area contributed by atoms with Gasteiger partial charge in [0.25, 0.3) is 11.8 Å². The van der Waals surface area contributed by atoms with Gasteiger partial charge >= 0.3 is 18.4 Å². The molecular formula is C32H39F6N5O5. The maximum atomic E-state index is 14.4. The van der Waals surface area contributed by atoms with Gasteiger partial charge < -0.3 is 14.8 Å². The van der Waals surface area contributed by atoms with Crippen molar-refractivity contribution in [2.45, 2.75) is 89.6 Å². The number of hydrogen-bond acceptors (Lipinski definition) is 7. The zero-order valence-corrected chi connectivity index (χ0v) is 27.1. The Morgan fingerprint density at radius 1 is 0.917 bits per heavy atom. The fourth-order valence-electron chi connectivity index (χ4n) is 4.15. The van der Waals surface area contributed by atoms with E-state index in [0.717, 1.165) is 6.08 Å². The molecule has 0 saturated heterocycles. The predicted molar refractivity (Wildman–Crippen MR) is 167 cm³/mol. The van der Waals surface area contributed by atoms with E-state index in [-0.39, 0.29) is 6.42 Å². The van der Waals surface area contributed by atoms with Crippen molar-refractivity contribution in [2.24, 2.45) is 0 Å². The molecule has 0 aliphatic rings. The van der Waals surface area contributed by atoms with E-state index in [1.54, 1.807) is 49.0 Å². The van der Waals surface area contributed by atoms with Gasteiger partial charge in [0, 0.05) is 12.0 Å². The summed E-state index contributed by atoms with van der Waals surface area (Å²) in [5.41, 5.74) is -5.08. The number of rotatable bonds is 13. The summed E-state index contributed by atoms with van der Waals surface area (Å²) in [4.78, 5) is 42.8. The average molecular weight is 688 g/mol. The summed E-state index contributed by atoms with van der Waals surface area (Å²) in [6.45, 7) is 13.8. The van der Waals surface area contributed by atoms with Crippen molar-refractivity contribution in [1.82, 2.24) is 15.8 Å². The van der Waals surface area contributed by atoms with Crippen LogP contribution in [0.1, 0.15) is 75.5 Å². The van der Waals surface area contributed by atoms with Crippen molar-refractivity contribution in [1.29, 1.82) is 0 Å². The summed E-state index contributed by atoms with van der Waals surface area (Å²) >= 11 is 0. The molecule has 1 aromatic heterocycles. The number of aromatic nitrogens is 1. The van der Waals surface area contributed by atoms with Gasteiger partial charge in [0.15, 0.2) is 5.69 Å². The number of allylic oxidation sites excluding steroid dienone is 1. The lowest BCUT2D eigenvalue weighted by Crippen LogP contribution is -2.61. The number of anilines is 2. The van der Waals surface area contributed by atoms with Gasteiger partial charge in [-0.2, -0.15) is 26.3 Å². The zero-order valence-electron chi connectivity index (χ0n) is 27.1. The van der Waals surface area contributed by atoms with E-state index in [2.05, 4.69) is 23.5 Å². The molecule has 0 spiro atoms. The number of halogens is 6. The number of benzene rings is 1. The highest BCUT2D eigenvalue weighted by Gasteiger charge is 2.61. The van der Waals surface area contributed by atoms with Gasteiger partial charge in [-0.25, -0.2) is 9.78 Å². The molecule has 10 nitrogen and oxygen atoms in total. The topological polar surface area (TPSA) is 131 Å². The highest BCUT2D eigenvalue weighted by atomic mass is 19.4. The molecule has 4 N–H and O–H groups in total. The second kappa shape index (κ2) is 15.5. The van der Waals surface area contributed by atoms with Gasteiger partial charge in [0.2, 0.25) is 5.60 Å². The van der Waals surface area contributed by atoms with Gasteiger partial charge in [-0.3, -0.25) is 25.8 Å². The Kier molecular flexibility index (Phi) is 12.8. The SMILES string of the molecule is C=CCCC(C)(C)Nc1nc(C(=O)NNC(=O)[C@](CC=C)(OCc2ccccc2)C(F)(F)F)c(NC(=O)OC(C)(C)C)cc1C(F)(F)F. The lowest BCUT2D eigenvalue weighted by atomic mass is 9.97. The quantitative estimate of drug-likeness (QED) is 0.0977. The predicted octanol–water partition coefficient (Wildman–Crippen LogP) is 7.46. The summed E-state index contributed by atoms with van der Waals surface area (Å²) in [5.74, 6) is -4.17. The minimum absolute atomic E-state index is 0.288. The van der Waals surface area contributed by atoms with Crippen LogP contribution in [-0.2, 0) is 27.1 Å². The first-order chi connectivity index (χ1) is 22.0. The fraction of sp³-hybridized carbons (Fsp3) is 0.438. The van der Waals surface area contributed by atoms with Crippen LogP contribution in [0.2, 0.25) is 0 Å². The van der Waals surface area contributed by atoms with Crippen LogP contribution in [-0.4, -0.2) is 45.8 Å². The van der Waals surface area contributed by atoms with Gasteiger partial charge in [-0.05, 0) is 59.1 Å². The van der Waals surface area contributed by atoms with Crippen molar-refractivity contribution in [3.8, 4) is 0 Å². The van der Waals surface area contributed by atoms with Gasteiger partial charge in [0.1, 0.15) is 11.4 Å². The number of nitrogens with one attached hydrogen (secondary N) is 4. The lowest BCUT2D eigenvalue weighted by molar-refractivity contribution is -0.270. The summed E-state index contributed by atoms with van der Waals surface area (Å²) in [5, 5.41) is 4.66. The molecule has 0 bridgehead atoms. The molecule has 1 atom stereocenters. The number of pyridine rings is 1. The van der Waals surface area contributed by atoms with Crippen molar-refractivity contribution < 1.29 is 50.2 Å². The molecular weight excluding hydrogens is 648 g/mol. The normalized spacial score (nSPS) is 13.5. The summed E-state index contributed by atoms with van der Waals surface area (Å²) < 4.78 is 96.2. The number of amides is 3. The Hall–Kier alpha value is -4.60. The number of nitrogens with zero attached hydrogens (tertiary/aromatic N) is 1. The molecule has 2 rings (SSSR count). The molecule has 16 heteroatoms. The third kappa shape index (κ3) is 11.0. The molecule has 48 heavy (non-hydrogen) atoms. The van der Waals surface area contributed by atoms with E-state index in [9.17, 15) is 40.7 Å². The molecule has 1 heterocycles. The molecule has 0 aliphatic heterocycles. The highest BCUT2D eigenvalue weighted by Crippen LogP contribution is 2.39. The fourth-order valence-corrected chi connectivity index (χ4v) is 4.15. The Morgan fingerprint density at radius 2 is 1.54 bits per heavy atom. The number of alkyl halides is 6. The van der Waals surface area contributed by atoms with Crippen LogP contribution in [0.3, 0.4) is 0 Å².